The van der Waals surface area contributed by atoms with Gasteiger partial charge in [-0.2, -0.15) is 0 Å². The van der Waals surface area contributed by atoms with Crippen molar-refractivity contribution in [3.8, 4) is 11.3 Å². The second kappa shape index (κ2) is 4.78. The topological polar surface area (TPSA) is 63.3 Å². The van der Waals surface area contributed by atoms with Gasteiger partial charge in [-0.05, 0) is 18.2 Å². The summed E-state index contributed by atoms with van der Waals surface area (Å²) in [6.07, 6.45) is 0.406. The largest absolute Gasteiger partial charge is 0.477 e. The first-order chi connectivity index (χ1) is 8.54. The van der Waals surface area contributed by atoms with Crippen molar-refractivity contribution in [1.29, 1.82) is 0 Å². The number of carbonyl (C=O) groups is 1. The van der Waals surface area contributed by atoms with Crippen LogP contribution in [0, 0.1) is 5.82 Å². The third kappa shape index (κ3) is 2.09. The maximum absolute atomic E-state index is 13.1. The number of benzene rings is 1. The van der Waals surface area contributed by atoms with Gasteiger partial charge in [0.15, 0.2) is 5.76 Å². The van der Waals surface area contributed by atoms with Crippen LogP contribution in [0.4, 0.5) is 4.39 Å². The highest BCUT2D eigenvalue weighted by molar-refractivity contribution is 6.31. The predicted octanol–water partition coefficient (Wildman–Crippen LogP) is 3.39. The third-order valence-corrected chi connectivity index (χ3v) is 2.78. The monoisotopic (exact) mass is 269 g/mol. The van der Waals surface area contributed by atoms with Crippen LogP contribution in [0.5, 0.6) is 0 Å². The molecule has 94 valence electrons. The van der Waals surface area contributed by atoms with Gasteiger partial charge in [0.1, 0.15) is 17.1 Å². The van der Waals surface area contributed by atoms with E-state index in [2.05, 4.69) is 5.16 Å². The minimum atomic E-state index is -1.14. The number of rotatable bonds is 3. The highest BCUT2D eigenvalue weighted by Gasteiger charge is 2.22. The van der Waals surface area contributed by atoms with Crippen LogP contribution in [0.3, 0.4) is 0 Å². The Kier molecular flexibility index (Phi) is 3.34. The van der Waals surface area contributed by atoms with Gasteiger partial charge in [0.25, 0.3) is 0 Å². The van der Waals surface area contributed by atoms with Crippen LogP contribution in [0.1, 0.15) is 23.0 Å². The number of aryl methyl sites for hydroxylation is 1. The molecule has 0 bridgehead atoms. The van der Waals surface area contributed by atoms with Crippen molar-refractivity contribution in [1.82, 2.24) is 5.16 Å². The van der Waals surface area contributed by atoms with Crippen molar-refractivity contribution >= 4 is 17.6 Å². The van der Waals surface area contributed by atoms with E-state index in [-0.39, 0.29) is 22.0 Å². The molecule has 0 aliphatic heterocycles. The molecular formula is C12H9ClFNO3. The van der Waals surface area contributed by atoms with E-state index < -0.39 is 11.8 Å². The molecule has 0 atom stereocenters. The molecule has 0 aliphatic carbocycles. The van der Waals surface area contributed by atoms with Gasteiger partial charge < -0.3 is 9.63 Å². The summed E-state index contributed by atoms with van der Waals surface area (Å²) in [4.78, 5) is 11.2. The smallest absolute Gasteiger partial charge is 0.341 e. The van der Waals surface area contributed by atoms with Crippen molar-refractivity contribution in [3.05, 3.63) is 40.4 Å². The summed E-state index contributed by atoms with van der Waals surface area (Å²) in [6, 6.07) is 3.88. The molecule has 0 saturated carbocycles. The minimum absolute atomic E-state index is 0.0137. The van der Waals surface area contributed by atoms with Crippen LogP contribution in [-0.4, -0.2) is 16.2 Å². The Morgan fingerprint density at radius 3 is 2.83 bits per heavy atom. The van der Waals surface area contributed by atoms with Gasteiger partial charge in [-0.1, -0.05) is 23.7 Å². The summed E-state index contributed by atoms with van der Waals surface area (Å²) in [5, 5.41) is 12.8. The van der Waals surface area contributed by atoms with Crippen molar-refractivity contribution in [3.63, 3.8) is 0 Å². The molecule has 0 spiro atoms. The molecule has 1 heterocycles. The van der Waals surface area contributed by atoms with Gasteiger partial charge in [-0.25, -0.2) is 9.18 Å². The lowest BCUT2D eigenvalue weighted by molar-refractivity contribution is 0.0695. The maximum atomic E-state index is 13.1. The van der Waals surface area contributed by atoms with Gasteiger partial charge in [0.05, 0.1) is 5.02 Å². The van der Waals surface area contributed by atoms with Gasteiger partial charge in [0.2, 0.25) is 0 Å². The van der Waals surface area contributed by atoms with Crippen LogP contribution < -0.4 is 0 Å². The Morgan fingerprint density at radius 1 is 1.56 bits per heavy atom. The molecular weight excluding hydrogens is 261 g/mol. The zero-order valence-electron chi connectivity index (χ0n) is 9.41. The van der Waals surface area contributed by atoms with Gasteiger partial charge in [-0.3, -0.25) is 0 Å². The standard InChI is InChI=1S/C12H9ClFNO3/c1-2-9-10(12(16)17)11(15-18-9)6-3-4-8(14)7(13)5-6/h3-5H,2H2,1H3,(H,16,17). The summed E-state index contributed by atoms with van der Waals surface area (Å²) in [6.45, 7) is 1.76. The van der Waals surface area contributed by atoms with E-state index in [1.54, 1.807) is 6.92 Å². The highest BCUT2D eigenvalue weighted by Crippen LogP contribution is 2.29. The van der Waals surface area contributed by atoms with Gasteiger partial charge in [0, 0.05) is 12.0 Å². The fourth-order valence-electron chi connectivity index (χ4n) is 1.63. The molecule has 0 amide bonds. The molecule has 0 radical (unpaired) electrons. The highest BCUT2D eigenvalue weighted by atomic mass is 35.5. The molecule has 4 nitrogen and oxygen atoms in total. The average Bonchev–Trinajstić information content (AvgIpc) is 2.76. The van der Waals surface area contributed by atoms with Crippen LogP contribution in [-0.2, 0) is 6.42 Å². The number of hydrogen-bond acceptors (Lipinski definition) is 3. The Hall–Kier alpha value is -1.88. The van der Waals surface area contributed by atoms with E-state index in [1.165, 1.54) is 12.1 Å². The lowest BCUT2D eigenvalue weighted by Gasteiger charge is -2.00. The normalized spacial score (nSPS) is 10.6. The van der Waals surface area contributed by atoms with E-state index in [9.17, 15) is 9.18 Å². The number of carboxylic acids is 1. The summed E-state index contributed by atoms with van der Waals surface area (Å²) >= 11 is 5.66. The lowest BCUT2D eigenvalue weighted by Crippen LogP contribution is -2.00. The predicted molar refractivity (Wildman–Crippen MR) is 63.2 cm³/mol. The average molecular weight is 270 g/mol. The van der Waals surface area contributed by atoms with Gasteiger partial charge >= 0.3 is 5.97 Å². The summed E-state index contributed by atoms with van der Waals surface area (Å²) < 4.78 is 18.0. The van der Waals surface area contributed by atoms with Crippen molar-refractivity contribution in [2.75, 3.05) is 0 Å². The van der Waals surface area contributed by atoms with Crippen LogP contribution in [0.25, 0.3) is 11.3 Å². The summed E-state index contributed by atoms with van der Waals surface area (Å²) in [5.74, 6) is -1.43. The zero-order valence-corrected chi connectivity index (χ0v) is 10.2. The molecule has 0 unspecified atom stereocenters. The molecule has 0 fully saturated rings. The second-order valence-electron chi connectivity index (χ2n) is 3.62. The molecule has 1 N–H and O–H groups in total. The van der Waals surface area contributed by atoms with E-state index in [4.69, 9.17) is 21.2 Å². The molecule has 2 rings (SSSR count). The summed E-state index contributed by atoms with van der Waals surface area (Å²) in [7, 11) is 0. The molecule has 1 aromatic heterocycles. The minimum Gasteiger partial charge on any atom is -0.477 e. The van der Waals surface area contributed by atoms with E-state index in [1.807, 2.05) is 0 Å². The SMILES string of the molecule is CCc1onc(-c2ccc(F)c(Cl)c2)c1C(=O)O. The number of aromatic nitrogens is 1. The Bertz CT molecular complexity index is 609. The maximum Gasteiger partial charge on any atom is 0.341 e. The zero-order chi connectivity index (χ0) is 13.3. The van der Waals surface area contributed by atoms with Gasteiger partial charge in [-0.15, -0.1) is 0 Å². The first-order valence-corrected chi connectivity index (χ1v) is 5.59. The number of nitrogens with zero attached hydrogens (tertiary/aromatic N) is 1. The van der Waals surface area contributed by atoms with Crippen LogP contribution in [0.15, 0.2) is 22.7 Å². The van der Waals surface area contributed by atoms with E-state index >= 15 is 0 Å². The number of carboxylic acid groups (broad SMARTS) is 1. The second-order valence-corrected chi connectivity index (χ2v) is 4.02. The van der Waals surface area contributed by atoms with Crippen LogP contribution >= 0.6 is 11.6 Å². The number of hydrogen-bond donors (Lipinski definition) is 1. The fraction of sp³-hybridized carbons (Fsp3) is 0.167. The third-order valence-electron chi connectivity index (χ3n) is 2.49. The molecule has 18 heavy (non-hydrogen) atoms. The lowest BCUT2D eigenvalue weighted by atomic mass is 10.1. The Morgan fingerprint density at radius 2 is 2.28 bits per heavy atom. The molecule has 1 aromatic carbocycles. The molecule has 6 heteroatoms. The van der Waals surface area contributed by atoms with Crippen molar-refractivity contribution in [2.45, 2.75) is 13.3 Å². The number of aromatic carboxylic acids is 1. The van der Waals surface area contributed by atoms with Crippen molar-refractivity contribution < 1.29 is 18.8 Å². The quantitative estimate of drug-likeness (QED) is 0.927. The van der Waals surface area contributed by atoms with Crippen molar-refractivity contribution in [2.24, 2.45) is 0 Å². The first kappa shape index (κ1) is 12.6. The van der Waals surface area contributed by atoms with E-state index in [0.717, 1.165) is 6.07 Å². The molecule has 0 aliphatic rings. The van der Waals surface area contributed by atoms with Crippen LogP contribution in [0.2, 0.25) is 5.02 Å². The Balaban J connectivity index is 2.60. The molecule has 0 saturated heterocycles. The fourth-order valence-corrected chi connectivity index (χ4v) is 1.81. The first-order valence-electron chi connectivity index (χ1n) is 5.21. The summed E-state index contributed by atoms with van der Waals surface area (Å²) in [5.41, 5.74) is 0.545. The number of halogens is 2. The molecule has 2 aromatic rings. The van der Waals surface area contributed by atoms with E-state index in [0.29, 0.717) is 12.0 Å². The Labute approximate surface area is 107 Å².